The van der Waals surface area contributed by atoms with Crippen molar-refractivity contribution in [3.05, 3.63) is 60.2 Å². The van der Waals surface area contributed by atoms with Crippen LogP contribution in [0.2, 0.25) is 0 Å². The number of phenols is 1. The van der Waals surface area contributed by atoms with Gasteiger partial charge in [-0.3, -0.25) is 4.79 Å². The Labute approximate surface area is 146 Å². The predicted molar refractivity (Wildman–Crippen MR) is 92.3 cm³/mol. The maximum Gasteiger partial charge on any atom is 0.316 e. The summed E-state index contributed by atoms with van der Waals surface area (Å²) in [5, 5.41) is 16.2. The number of amides is 3. The van der Waals surface area contributed by atoms with Gasteiger partial charge in [0.1, 0.15) is 11.6 Å². The molecule has 8 nitrogen and oxygen atoms in total. The number of aromatic hydroxyl groups is 1. The molecule has 9 heteroatoms. The second-order valence-electron chi connectivity index (χ2n) is 5.40. The molecule has 0 fully saturated rings. The number of nitrogens with zero attached hydrogens (tertiary/aromatic N) is 2. The van der Waals surface area contributed by atoms with E-state index in [2.05, 4.69) is 10.4 Å². The summed E-state index contributed by atoms with van der Waals surface area (Å²) in [5.41, 5.74) is 11.9. The highest BCUT2D eigenvalue weighted by molar-refractivity contribution is 6.00. The smallest absolute Gasteiger partial charge is 0.316 e. The molecule has 0 saturated carbocycles. The van der Waals surface area contributed by atoms with E-state index in [9.17, 15) is 19.1 Å². The number of primary amides is 2. The molecule has 0 saturated heterocycles. The van der Waals surface area contributed by atoms with Gasteiger partial charge in [-0.1, -0.05) is 12.1 Å². The van der Waals surface area contributed by atoms with E-state index in [1.54, 1.807) is 24.3 Å². The highest BCUT2D eigenvalue weighted by Crippen LogP contribution is 2.30. The third-order valence-electron chi connectivity index (χ3n) is 3.61. The molecule has 132 valence electrons. The molecule has 3 aromatic rings. The van der Waals surface area contributed by atoms with Crippen LogP contribution in [-0.4, -0.2) is 26.8 Å². The van der Waals surface area contributed by atoms with Crippen LogP contribution in [0.4, 0.5) is 14.9 Å². The number of hydrogen-bond acceptors (Lipinski definition) is 4. The zero-order valence-electron chi connectivity index (χ0n) is 13.3. The van der Waals surface area contributed by atoms with Crippen molar-refractivity contribution in [1.82, 2.24) is 9.78 Å². The SMILES string of the molecule is NC(=O)Nc1cn(-c2ccc(-c3ccc(F)cc3O)cc2)nc1C(N)=O. The van der Waals surface area contributed by atoms with Gasteiger partial charge in [-0.2, -0.15) is 5.10 Å². The van der Waals surface area contributed by atoms with Crippen LogP contribution in [0.15, 0.2) is 48.7 Å². The van der Waals surface area contributed by atoms with Gasteiger partial charge >= 0.3 is 6.03 Å². The van der Waals surface area contributed by atoms with E-state index in [0.29, 0.717) is 16.8 Å². The number of anilines is 1. The van der Waals surface area contributed by atoms with Gasteiger partial charge in [0.25, 0.3) is 5.91 Å². The minimum Gasteiger partial charge on any atom is -0.507 e. The van der Waals surface area contributed by atoms with Crippen LogP contribution in [0, 0.1) is 5.82 Å². The van der Waals surface area contributed by atoms with Gasteiger partial charge in [0, 0.05) is 11.6 Å². The number of urea groups is 1. The maximum absolute atomic E-state index is 13.1. The second-order valence-corrected chi connectivity index (χ2v) is 5.40. The second kappa shape index (κ2) is 6.55. The molecule has 0 atom stereocenters. The lowest BCUT2D eigenvalue weighted by atomic mass is 10.0. The van der Waals surface area contributed by atoms with E-state index in [4.69, 9.17) is 11.5 Å². The molecular formula is C17H14FN5O3. The van der Waals surface area contributed by atoms with E-state index in [1.807, 2.05) is 0 Å². The molecule has 26 heavy (non-hydrogen) atoms. The quantitative estimate of drug-likeness (QED) is 0.569. The van der Waals surface area contributed by atoms with Crippen molar-refractivity contribution in [2.24, 2.45) is 11.5 Å². The molecule has 3 rings (SSSR count). The lowest BCUT2D eigenvalue weighted by molar-refractivity contribution is 0.0996. The minimum absolute atomic E-state index is 0.0882. The number of benzene rings is 2. The van der Waals surface area contributed by atoms with E-state index in [0.717, 1.165) is 6.07 Å². The van der Waals surface area contributed by atoms with Crippen LogP contribution in [0.1, 0.15) is 10.5 Å². The van der Waals surface area contributed by atoms with Crippen LogP contribution < -0.4 is 16.8 Å². The predicted octanol–water partition coefficient (Wildman–Crippen LogP) is 1.97. The Morgan fingerprint density at radius 3 is 2.38 bits per heavy atom. The number of hydrogen-bond donors (Lipinski definition) is 4. The Bertz CT molecular complexity index is 998. The number of carbonyl (C=O) groups excluding carboxylic acids is 2. The normalized spacial score (nSPS) is 10.5. The molecule has 2 aromatic carbocycles. The maximum atomic E-state index is 13.1. The molecule has 0 radical (unpaired) electrons. The Morgan fingerprint density at radius 2 is 1.81 bits per heavy atom. The van der Waals surface area contributed by atoms with Crippen molar-refractivity contribution in [3.8, 4) is 22.6 Å². The molecule has 0 unspecified atom stereocenters. The monoisotopic (exact) mass is 355 g/mol. The van der Waals surface area contributed by atoms with Crippen molar-refractivity contribution < 1.29 is 19.1 Å². The number of nitrogens with one attached hydrogen (secondary N) is 1. The molecule has 0 aliphatic heterocycles. The highest BCUT2D eigenvalue weighted by atomic mass is 19.1. The summed E-state index contributed by atoms with van der Waals surface area (Å²) in [5.74, 6) is -1.53. The fourth-order valence-corrected chi connectivity index (χ4v) is 2.46. The fourth-order valence-electron chi connectivity index (χ4n) is 2.46. The Morgan fingerprint density at radius 1 is 1.12 bits per heavy atom. The highest BCUT2D eigenvalue weighted by Gasteiger charge is 2.16. The van der Waals surface area contributed by atoms with Gasteiger partial charge in [0.2, 0.25) is 0 Å². The van der Waals surface area contributed by atoms with E-state index in [-0.39, 0.29) is 17.1 Å². The lowest BCUT2D eigenvalue weighted by Crippen LogP contribution is -2.22. The average Bonchev–Trinajstić information content (AvgIpc) is 2.98. The standard InChI is InChI=1S/C17H14FN5O3/c18-10-3-6-12(14(24)7-10)9-1-4-11(5-2-9)23-8-13(21-17(20)26)15(22-23)16(19)25/h1-8,24H,(H2,19,25)(H3,20,21,26). The third kappa shape index (κ3) is 3.31. The fraction of sp³-hybridized carbons (Fsp3) is 0. The summed E-state index contributed by atoms with van der Waals surface area (Å²) in [4.78, 5) is 22.5. The molecule has 1 aromatic heterocycles. The third-order valence-corrected chi connectivity index (χ3v) is 3.61. The summed E-state index contributed by atoms with van der Waals surface area (Å²) < 4.78 is 14.4. The molecule has 3 amide bonds. The molecule has 1 heterocycles. The first kappa shape index (κ1) is 17.0. The van der Waals surface area contributed by atoms with Gasteiger partial charge < -0.3 is 21.9 Å². The van der Waals surface area contributed by atoms with Crippen molar-refractivity contribution in [3.63, 3.8) is 0 Å². The average molecular weight is 355 g/mol. The first-order valence-corrected chi connectivity index (χ1v) is 7.40. The summed E-state index contributed by atoms with van der Waals surface area (Å²) in [6.45, 7) is 0. The van der Waals surface area contributed by atoms with Crippen molar-refractivity contribution in [1.29, 1.82) is 0 Å². The molecule has 0 aliphatic carbocycles. The van der Waals surface area contributed by atoms with Crippen molar-refractivity contribution >= 4 is 17.6 Å². The Kier molecular flexibility index (Phi) is 4.27. The number of carbonyl (C=O) groups is 2. The van der Waals surface area contributed by atoms with Gasteiger partial charge in [0.05, 0.1) is 17.6 Å². The largest absolute Gasteiger partial charge is 0.507 e. The topological polar surface area (TPSA) is 136 Å². The number of nitrogens with two attached hydrogens (primary N) is 2. The van der Waals surface area contributed by atoms with Crippen molar-refractivity contribution in [2.75, 3.05) is 5.32 Å². The zero-order valence-corrected chi connectivity index (χ0v) is 13.3. The molecule has 6 N–H and O–H groups in total. The number of halogens is 1. The minimum atomic E-state index is -0.853. The van der Waals surface area contributed by atoms with Gasteiger partial charge in [-0.15, -0.1) is 0 Å². The van der Waals surface area contributed by atoms with E-state index >= 15 is 0 Å². The summed E-state index contributed by atoms with van der Waals surface area (Å²) in [6, 6.07) is 9.61. The summed E-state index contributed by atoms with van der Waals surface area (Å²) in [7, 11) is 0. The number of rotatable bonds is 4. The van der Waals surface area contributed by atoms with Crippen LogP contribution in [0.25, 0.3) is 16.8 Å². The Balaban J connectivity index is 1.96. The van der Waals surface area contributed by atoms with Crippen LogP contribution in [0.3, 0.4) is 0 Å². The van der Waals surface area contributed by atoms with Crippen LogP contribution >= 0.6 is 0 Å². The molecule has 0 spiro atoms. The number of aromatic nitrogens is 2. The Hall–Kier alpha value is -3.88. The van der Waals surface area contributed by atoms with Gasteiger partial charge in [-0.05, 0) is 29.8 Å². The van der Waals surface area contributed by atoms with Crippen molar-refractivity contribution in [2.45, 2.75) is 0 Å². The van der Waals surface area contributed by atoms with Gasteiger partial charge in [0.15, 0.2) is 5.69 Å². The molecular weight excluding hydrogens is 341 g/mol. The molecule has 0 aliphatic rings. The van der Waals surface area contributed by atoms with E-state index in [1.165, 1.54) is 23.0 Å². The summed E-state index contributed by atoms with van der Waals surface area (Å²) >= 11 is 0. The number of phenolic OH excluding ortho intramolecular Hbond substituents is 1. The first-order valence-electron chi connectivity index (χ1n) is 7.40. The van der Waals surface area contributed by atoms with Crippen LogP contribution in [0.5, 0.6) is 5.75 Å². The summed E-state index contributed by atoms with van der Waals surface area (Å²) in [6.07, 6.45) is 1.40. The molecule has 0 bridgehead atoms. The first-order chi connectivity index (χ1) is 12.3. The van der Waals surface area contributed by atoms with Gasteiger partial charge in [-0.25, -0.2) is 13.9 Å². The lowest BCUT2D eigenvalue weighted by Gasteiger charge is -2.07. The van der Waals surface area contributed by atoms with Crippen LogP contribution in [-0.2, 0) is 0 Å². The van der Waals surface area contributed by atoms with E-state index < -0.39 is 17.8 Å². The zero-order chi connectivity index (χ0) is 18.8.